The first kappa shape index (κ1) is 24.4. The van der Waals surface area contributed by atoms with E-state index in [1.807, 2.05) is 4.90 Å². The quantitative estimate of drug-likeness (QED) is 0.499. The van der Waals surface area contributed by atoms with Crippen LogP contribution in [-0.4, -0.2) is 58.9 Å². The fourth-order valence-corrected chi connectivity index (χ4v) is 4.87. The largest absolute Gasteiger partial charge is 0.490 e. The number of aromatic nitrogens is 4. The third-order valence-electron chi connectivity index (χ3n) is 6.92. The molecular weight excluding hydrogens is 468 g/mol. The molecule has 0 saturated carbocycles. The Bertz CT molecular complexity index is 1150. The molecule has 2 atom stereocenters. The summed E-state index contributed by atoms with van der Waals surface area (Å²) in [7, 11) is 0. The molecule has 2 fully saturated rings. The van der Waals surface area contributed by atoms with E-state index in [0.717, 1.165) is 56.7 Å². The number of aryl methyl sites for hydroxylation is 1. The van der Waals surface area contributed by atoms with Crippen LogP contribution in [0, 0.1) is 17.6 Å². The number of halogens is 2. The summed E-state index contributed by atoms with van der Waals surface area (Å²) in [5.74, 6) is 0.998. The maximum absolute atomic E-state index is 14.3. The molecule has 2 aliphatic rings. The molecule has 0 spiro atoms. The molecule has 9 nitrogen and oxygen atoms in total. The SMILES string of the molecule is CCCc1noc(N2CCC(COc3cnc(N4CC(N)[C@@H](c5cc(F)ccc5F)C4)nc3)CC2)n1. The molecule has 36 heavy (non-hydrogen) atoms. The number of rotatable bonds is 8. The summed E-state index contributed by atoms with van der Waals surface area (Å²) in [6.07, 6.45) is 7.04. The van der Waals surface area contributed by atoms with Crippen LogP contribution in [0.3, 0.4) is 0 Å². The number of benzene rings is 1. The van der Waals surface area contributed by atoms with Gasteiger partial charge in [-0.1, -0.05) is 12.1 Å². The maximum Gasteiger partial charge on any atom is 0.324 e. The van der Waals surface area contributed by atoms with Gasteiger partial charge in [0.15, 0.2) is 11.6 Å². The highest BCUT2D eigenvalue weighted by Gasteiger charge is 2.34. The summed E-state index contributed by atoms with van der Waals surface area (Å²) in [6, 6.07) is 3.72. The van der Waals surface area contributed by atoms with Gasteiger partial charge >= 0.3 is 6.01 Å². The zero-order chi connectivity index (χ0) is 25.1. The molecule has 0 aliphatic carbocycles. The van der Waals surface area contributed by atoms with Gasteiger partial charge in [0.1, 0.15) is 11.6 Å². The van der Waals surface area contributed by atoms with Gasteiger partial charge in [0.2, 0.25) is 5.95 Å². The monoisotopic (exact) mass is 499 g/mol. The Morgan fingerprint density at radius 3 is 2.64 bits per heavy atom. The summed E-state index contributed by atoms with van der Waals surface area (Å²) in [5, 5.41) is 4.03. The van der Waals surface area contributed by atoms with E-state index >= 15 is 0 Å². The molecular formula is C25H31F2N7O2. The second-order valence-corrected chi connectivity index (χ2v) is 9.54. The van der Waals surface area contributed by atoms with Gasteiger partial charge in [-0.25, -0.2) is 18.7 Å². The number of hydrogen-bond donors (Lipinski definition) is 1. The van der Waals surface area contributed by atoms with Gasteiger partial charge in [0.25, 0.3) is 0 Å². The second kappa shape index (κ2) is 10.7. The highest BCUT2D eigenvalue weighted by atomic mass is 19.1. The van der Waals surface area contributed by atoms with Crippen LogP contribution >= 0.6 is 0 Å². The smallest absolute Gasteiger partial charge is 0.324 e. The summed E-state index contributed by atoms with van der Waals surface area (Å²) in [5.41, 5.74) is 6.54. The second-order valence-electron chi connectivity index (χ2n) is 9.54. The molecule has 2 N–H and O–H groups in total. The van der Waals surface area contributed by atoms with Crippen molar-refractivity contribution in [3.05, 3.63) is 53.6 Å². The summed E-state index contributed by atoms with van der Waals surface area (Å²) >= 11 is 0. The zero-order valence-electron chi connectivity index (χ0n) is 20.3. The van der Waals surface area contributed by atoms with Crippen LogP contribution < -0.4 is 20.3 Å². The van der Waals surface area contributed by atoms with Crippen molar-refractivity contribution < 1.29 is 18.0 Å². The van der Waals surface area contributed by atoms with Crippen LogP contribution in [0.15, 0.2) is 35.1 Å². The Morgan fingerprint density at radius 2 is 1.89 bits per heavy atom. The Balaban J connectivity index is 1.11. The molecule has 2 saturated heterocycles. The molecule has 1 unspecified atom stereocenters. The molecule has 0 amide bonds. The number of nitrogens with two attached hydrogens (primary N) is 1. The first-order valence-electron chi connectivity index (χ1n) is 12.5. The van der Waals surface area contributed by atoms with Gasteiger partial charge in [-0.3, -0.25) is 0 Å². The Hall–Kier alpha value is -3.34. The van der Waals surface area contributed by atoms with E-state index in [0.29, 0.717) is 43.3 Å². The third-order valence-corrected chi connectivity index (χ3v) is 6.92. The number of piperidine rings is 1. The van der Waals surface area contributed by atoms with E-state index in [9.17, 15) is 8.78 Å². The van der Waals surface area contributed by atoms with Crippen molar-refractivity contribution in [2.75, 3.05) is 42.6 Å². The van der Waals surface area contributed by atoms with Gasteiger partial charge in [-0.15, -0.1) is 0 Å². The predicted octanol–water partition coefficient (Wildman–Crippen LogP) is 3.32. The molecule has 0 radical (unpaired) electrons. The van der Waals surface area contributed by atoms with Crippen molar-refractivity contribution >= 4 is 12.0 Å². The average molecular weight is 500 g/mol. The number of anilines is 2. The van der Waals surface area contributed by atoms with Gasteiger partial charge in [0, 0.05) is 44.6 Å². The van der Waals surface area contributed by atoms with E-state index in [1.54, 1.807) is 12.4 Å². The molecule has 1 aromatic carbocycles. The minimum absolute atomic E-state index is 0.288. The predicted molar refractivity (Wildman–Crippen MR) is 130 cm³/mol. The Labute approximate surface area is 208 Å². The topological polar surface area (TPSA) is 106 Å². The molecule has 2 aliphatic heterocycles. The average Bonchev–Trinajstić information content (AvgIpc) is 3.52. The van der Waals surface area contributed by atoms with Crippen molar-refractivity contribution in [3.8, 4) is 5.75 Å². The first-order chi connectivity index (χ1) is 17.5. The van der Waals surface area contributed by atoms with E-state index in [-0.39, 0.29) is 17.5 Å². The summed E-state index contributed by atoms with van der Waals surface area (Å²) < 4.78 is 39.2. The van der Waals surface area contributed by atoms with Crippen LogP contribution in [0.5, 0.6) is 5.75 Å². The lowest BCUT2D eigenvalue weighted by Crippen LogP contribution is -2.35. The van der Waals surface area contributed by atoms with Crippen LogP contribution in [0.1, 0.15) is 43.5 Å². The molecule has 0 bridgehead atoms. The van der Waals surface area contributed by atoms with Gasteiger partial charge in [0.05, 0.1) is 19.0 Å². The molecule has 2 aromatic heterocycles. The highest BCUT2D eigenvalue weighted by Crippen LogP contribution is 2.31. The van der Waals surface area contributed by atoms with E-state index in [2.05, 4.69) is 31.9 Å². The lowest BCUT2D eigenvalue weighted by atomic mass is 9.94. The van der Waals surface area contributed by atoms with Crippen molar-refractivity contribution in [2.45, 2.75) is 44.6 Å². The standard InChI is InChI=1S/C25H31F2N7O2/c1-2-3-23-31-25(36-32-23)33-8-6-16(7-9-33)15-35-18-11-29-24(30-12-18)34-13-20(22(28)14-34)19-10-17(26)4-5-21(19)27/h4-5,10-12,16,20,22H,2-3,6-9,13-15,28H2,1H3/t20-,22?/m1/s1. The van der Waals surface area contributed by atoms with Crippen LogP contribution in [0.4, 0.5) is 20.7 Å². The van der Waals surface area contributed by atoms with Crippen molar-refractivity contribution in [2.24, 2.45) is 11.7 Å². The molecule has 4 heterocycles. The molecule has 5 rings (SSSR count). The minimum Gasteiger partial charge on any atom is -0.490 e. The van der Waals surface area contributed by atoms with E-state index in [1.165, 1.54) is 6.07 Å². The van der Waals surface area contributed by atoms with Gasteiger partial charge in [-0.2, -0.15) is 4.98 Å². The summed E-state index contributed by atoms with van der Waals surface area (Å²) in [4.78, 5) is 17.3. The zero-order valence-corrected chi connectivity index (χ0v) is 20.3. The Kier molecular flexibility index (Phi) is 7.26. The van der Waals surface area contributed by atoms with Crippen LogP contribution in [0.2, 0.25) is 0 Å². The summed E-state index contributed by atoms with van der Waals surface area (Å²) in [6.45, 7) is 5.24. The van der Waals surface area contributed by atoms with Crippen LogP contribution in [0.25, 0.3) is 0 Å². The minimum atomic E-state index is -0.476. The molecule has 192 valence electrons. The van der Waals surface area contributed by atoms with Crippen molar-refractivity contribution in [1.82, 2.24) is 20.1 Å². The van der Waals surface area contributed by atoms with Gasteiger partial charge in [-0.05, 0) is 48.9 Å². The normalized spacial score (nSPS) is 20.8. The van der Waals surface area contributed by atoms with Crippen molar-refractivity contribution in [3.63, 3.8) is 0 Å². The third kappa shape index (κ3) is 5.40. The number of hydrogen-bond acceptors (Lipinski definition) is 9. The van der Waals surface area contributed by atoms with E-state index in [4.69, 9.17) is 15.0 Å². The lowest BCUT2D eigenvalue weighted by molar-refractivity contribution is 0.219. The Morgan fingerprint density at radius 1 is 1.11 bits per heavy atom. The lowest BCUT2D eigenvalue weighted by Gasteiger charge is -2.30. The molecule has 11 heteroatoms. The van der Waals surface area contributed by atoms with Gasteiger partial charge < -0.3 is 24.8 Å². The van der Waals surface area contributed by atoms with Crippen LogP contribution in [-0.2, 0) is 6.42 Å². The number of ether oxygens (including phenoxy) is 1. The fraction of sp³-hybridized carbons (Fsp3) is 0.520. The first-order valence-corrected chi connectivity index (χ1v) is 12.5. The fourth-order valence-electron chi connectivity index (χ4n) is 4.87. The molecule has 3 aromatic rings. The highest BCUT2D eigenvalue weighted by molar-refractivity contribution is 5.39. The van der Waals surface area contributed by atoms with Crippen molar-refractivity contribution in [1.29, 1.82) is 0 Å². The maximum atomic E-state index is 14.3. The number of nitrogens with zero attached hydrogens (tertiary/aromatic N) is 6. The van der Waals surface area contributed by atoms with E-state index < -0.39 is 11.6 Å².